The van der Waals surface area contributed by atoms with E-state index >= 15 is 0 Å². The van der Waals surface area contributed by atoms with E-state index in [1.54, 1.807) is 12.1 Å². The molecule has 144 valence electrons. The van der Waals surface area contributed by atoms with Crippen LogP contribution in [-0.4, -0.2) is 38.3 Å². The molecule has 0 bridgehead atoms. The smallest absolute Gasteiger partial charge is 0.265 e. The number of anilines is 3. The van der Waals surface area contributed by atoms with Gasteiger partial charge in [-0.3, -0.25) is 4.79 Å². The first-order valence-corrected chi connectivity index (χ1v) is 9.41. The molecule has 0 spiro atoms. The molecule has 2 aromatic rings. The van der Waals surface area contributed by atoms with Crippen molar-refractivity contribution in [3.63, 3.8) is 0 Å². The number of nitrogens with zero attached hydrogens (tertiary/aromatic N) is 1. The minimum absolute atomic E-state index is 0.154. The molecule has 0 radical (unpaired) electrons. The standard InChI is InChI=1S/C21H27N3O3/c1-2-4-20(27-19-6-3-5-16(22)15-19)21(25)23-17-7-9-18(10-8-17)24-11-13-26-14-12-24/h3,5-10,15,20H,2,4,11-14,22H2,1H3,(H,23,25). The Morgan fingerprint density at radius 3 is 2.63 bits per heavy atom. The van der Waals surface area contributed by atoms with Crippen LogP contribution in [0.5, 0.6) is 5.75 Å². The Bertz CT molecular complexity index is 743. The van der Waals surface area contributed by atoms with Gasteiger partial charge in [0.1, 0.15) is 5.75 Å². The molecular weight excluding hydrogens is 342 g/mol. The van der Waals surface area contributed by atoms with E-state index in [1.165, 1.54) is 0 Å². The molecule has 1 amide bonds. The zero-order valence-corrected chi connectivity index (χ0v) is 15.7. The molecule has 6 heteroatoms. The molecule has 0 aromatic heterocycles. The van der Waals surface area contributed by atoms with E-state index < -0.39 is 6.10 Å². The molecule has 0 aliphatic carbocycles. The topological polar surface area (TPSA) is 76.8 Å². The van der Waals surface area contributed by atoms with E-state index in [1.807, 2.05) is 43.3 Å². The van der Waals surface area contributed by atoms with E-state index in [4.69, 9.17) is 15.2 Å². The fourth-order valence-corrected chi connectivity index (χ4v) is 3.06. The lowest BCUT2D eigenvalue weighted by molar-refractivity contribution is -0.123. The lowest BCUT2D eigenvalue weighted by Gasteiger charge is -2.29. The average Bonchev–Trinajstić information content (AvgIpc) is 2.69. The number of nitrogens with two attached hydrogens (primary N) is 1. The molecular formula is C21H27N3O3. The van der Waals surface area contributed by atoms with Gasteiger partial charge in [-0.15, -0.1) is 0 Å². The summed E-state index contributed by atoms with van der Waals surface area (Å²) in [6.07, 6.45) is 0.916. The van der Waals surface area contributed by atoms with E-state index in [-0.39, 0.29) is 5.91 Å². The van der Waals surface area contributed by atoms with Crippen molar-refractivity contribution in [1.29, 1.82) is 0 Å². The minimum atomic E-state index is -0.560. The van der Waals surface area contributed by atoms with Gasteiger partial charge in [-0.2, -0.15) is 0 Å². The molecule has 2 aromatic carbocycles. The SMILES string of the molecule is CCCC(Oc1cccc(N)c1)C(=O)Nc1ccc(N2CCOCC2)cc1. The first-order valence-electron chi connectivity index (χ1n) is 9.41. The fraction of sp³-hybridized carbons (Fsp3) is 0.381. The Balaban J connectivity index is 1.62. The second-order valence-electron chi connectivity index (χ2n) is 6.60. The number of rotatable bonds is 7. The third-order valence-corrected chi connectivity index (χ3v) is 4.49. The second-order valence-corrected chi connectivity index (χ2v) is 6.60. The van der Waals surface area contributed by atoms with Crippen molar-refractivity contribution in [2.75, 3.05) is 42.3 Å². The molecule has 1 heterocycles. The number of hydrogen-bond donors (Lipinski definition) is 2. The summed E-state index contributed by atoms with van der Waals surface area (Å²) in [5, 5.41) is 2.95. The Hall–Kier alpha value is -2.73. The van der Waals surface area contributed by atoms with Crippen molar-refractivity contribution < 1.29 is 14.3 Å². The molecule has 1 unspecified atom stereocenters. The maximum Gasteiger partial charge on any atom is 0.265 e. The highest BCUT2D eigenvalue weighted by atomic mass is 16.5. The van der Waals surface area contributed by atoms with Gasteiger partial charge in [-0.05, 0) is 42.8 Å². The van der Waals surface area contributed by atoms with E-state index in [9.17, 15) is 4.79 Å². The van der Waals surface area contributed by atoms with Crippen molar-refractivity contribution in [2.45, 2.75) is 25.9 Å². The summed E-state index contributed by atoms with van der Waals surface area (Å²) in [7, 11) is 0. The summed E-state index contributed by atoms with van der Waals surface area (Å²) in [4.78, 5) is 15.0. The molecule has 0 saturated carbocycles. The largest absolute Gasteiger partial charge is 0.481 e. The van der Waals surface area contributed by atoms with Gasteiger partial charge < -0.3 is 25.4 Å². The number of carbonyl (C=O) groups excluding carboxylic acids is 1. The average molecular weight is 369 g/mol. The third-order valence-electron chi connectivity index (χ3n) is 4.49. The van der Waals surface area contributed by atoms with Crippen LogP contribution in [0.2, 0.25) is 0 Å². The van der Waals surface area contributed by atoms with Crippen molar-refractivity contribution in [2.24, 2.45) is 0 Å². The number of ether oxygens (including phenoxy) is 2. The Morgan fingerprint density at radius 1 is 1.22 bits per heavy atom. The van der Waals surface area contributed by atoms with Crippen molar-refractivity contribution in [1.82, 2.24) is 0 Å². The van der Waals surface area contributed by atoms with Gasteiger partial charge >= 0.3 is 0 Å². The van der Waals surface area contributed by atoms with Crippen LogP contribution >= 0.6 is 0 Å². The highest BCUT2D eigenvalue weighted by molar-refractivity contribution is 5.94. The highest BCUT2D eigenvalue weighted by Crippen LogP contribution is 2.21. The van der Waals surface area contributed by atoms with Gasteiger partial charge in [0.05, 0.1) is 13.2 Å². The molecule has 1 saturated heterocycles. The Labute approximate surface area is 160 Å². The normalized spacial score (nSPS) is 15.2. The number of morpholine rings is 1. The van der Waals surface area contributed by atoms with Crippen LogP contribution in [0.1, 0.15) is 19.8 Å². The van der Waals surface area contributed by atoms with Crippen LogP contribution in [-0.2, 0) is 9.53 Å². The maximum atomic E-state index is 12.7. The van der Waals surface area contributed by atoms with Gasteiger partial charge in [0.25, 0.3) is 5.91 Å². The minimum Gasteiger partial charge on any atom is -0.481 e. The highest BCUT2D eigenvalue weighted by Gasteiger charge is 2.20. The number of benzene rings is 2. The van der Waals surface area contributed by atoms with Crippen LogP contribution in [0.4, 0.5) is 17.1 Å². The van der Waals surface area contributed by atoms with Crippen molar-refractivity contribution in [3.05, 3.63) is 48.5 Å². The molecule has 1 atom stereocenters. The molecule has 3 N–H and O–H groups in total. The summed E-state index contributed by atoms with van der Waals surface area (Å²) < 4.78 is 11.3. The van der Waals surface area contributed by atoms with Crippen LogP contribution in [0.15, 0.2) is 48.5 Å². The molecule has 6 nitrogen and oxygen atoms in total. The second kappa shape index (κ2) is 9.28. The maximum absolute atomic E-state index is 12.7. The number of nitrogen functional groups attached to an aromatic ring is 1. The van der Waals surface area contributed by atoms with E-state index in [2.05, 4.69) is 10.2 Å². The number of carbonyl (C=O) groups is 1. The summed E-state index contributed by atoms with van der Waals surface area (Å²) in [6.45, 7) is 5.30. The summed E-state index contributed by atoms with van der Waals surface area (Å²) in [5.41, 5.74) is 8.30. The third kappa shape index (κ3) is 5.37. The fourth-order valence-electron chi connectivity index (χ4n) is 3.06. The first-order chi connectivity index (χ1) is 13.2. The first kappa shape index (κ1) is 19.0. The van der Waals surface area contributed by atoms with Crippen LogP contribution in [0.3, 0.4) is 0 Å². The predicted octanol–water partition coefficient (Wildman–Crippen LogP) is 3.29. The molecule has 3 rings (SSSR count). The van der Waals surface area contributed by atoms with Crippen LogP contribution < -0.4 is 20.7 Å². The van der Waals surface area contributed by atoms with Crippen LogP contribution in [0, 0.1) is 0 Å². The van der Waals surface area contributed by atoms with Crippen molar-refractivity contribution >= 4 is 23.0 Å². The summed E-state index contributed by atoms with van der Waals surface area (Å²) >= 11 is 0. The lowest BCUT2D eigenvalue weighted by atomic mass is 10.2. The molecule has 1 aliphatic rings. The Kier molecular flexibility index (Phi) is 6.54. The van der Waals surface area contributed by atoms with E-state index in [0.29, 0.717) is 17.9 Å². The lowest BCUT2D eigenvalue weighted by Crippen LogP contribution is -2.36. The Morgan fingerprint density at radius 2 is 1.96 bits per heavy atom. The van der Waals surface area contributed by atoms with Gasteiger partial charge in [-0.1, -0.05) is 19.4 Å². The number of nitrogens with one attached hydrogen (secondary N) is 1. The molecule has 1 aliphatic heterocycles. The quantitative estimate of drug-likeness (QED) is 0.733. The zero-order valence-electron chi connectivity index (χ0n) is 15.7. The number of amides is 1. The van der Waals surface area contributed by atoms with Gasteiger partial charge in [-0.25, -0.2) is 0 Å². The van der Waals surface area contributed by atoms with E-state index in [0.717, 1.165) is 44.1 Å². The monoisotopic (exact) mass is 369 g/mol. The molecule has 1 fully saturated rings. The number of hydrogen-bond acceptors (Lipinski definition) is 5. The predicted molar refractivity (Wildman–Crippen MR) is 108 cm³/mol. The zero-order chi connectivity index (χ0) is 19.1. The van der Waals surface area contributed by atoms with Crippen molar-refractivity contribution in [3.8, 4) is 5.75 Å². The van der Waals surface area contributed by atoms with Crippen LogP contribution in [0.25, 0.3) is 0 Å². The van der Waals surface area contributed by atoms with Gasteiger partial charge in [0.15, 0.2) is 6.10 Å². The van der Waals surface area contributed by atoms with Gasteiger partial charge in [0.2, 0.25) is 0 Å². The summed E-state index contributed by atoms with van der Waals surface area (Å²) in [5.74, 6) is 0.449. The summed E-state index contributed by atoms with van der Waals surface area (Å²) in [6, 6.07) is 15.0. The molecule has 27 heavy (non-hydrogen) atoms. The van der Waals surface area contributed by atoms with Gasteiger partial charge in [0, 0.05) is 36.2 Å².